The monoisotopic (exact) mass is 373 g/mol. The van der Waals surface area contributed by atoms with Gasteiger partial charge in [-0.3, -0.25) is 0 Å². The van der Waals surface area contributed by atoms with Crippen molar-refractivity contribution in [3.63, 3.8) is 0 Å². The Balaban J connectivity index is 1.64. The first-order valence-electron chi connectivity index (χ1n) is 8.77. The molecule has 0 radical (unpaired) electrons. The lowest BCUT2D eigenvalue weighted by Crippen LogP contribution is -2.30. The Kier molecular flexibility index (Phi) is 4.33. The first-order chi connectivity index (χ1) is 13.0. The van der Waals surface area contributed by atoms with Gasteiger partial charge in [0.1, 0.15) is 12.1 Å². The Bertz CT molecular complexity index is 989. The van der Waals surface area contributed by atoms with Crippen molar-refractivity contribution in [2.24, 2.45) is 0 Å². The third-order valence-corrected chi connectivity index (χ3v) is 4.79. The van der Waals surface area contributed by atoms with Crippen LogP contribution in [0.15, 0.2) is 42.7 Å². The van der Waals surface area contributed by atoms with E-state index in [9.17, 15) is 13.2 Å². The molecule has 1 aliphatic heterocycles. The van der Waals surface area contributed by atoms with E-state index in [2.05, 4.69) is 52.3 Å². The summed E-state index contributed by atoms with van der Waals surface area (Å²) in [6.07, 6.45) is 0.476. The number of aromatic nitrogens is 4. The SMILES string of the molecule is CCc1ccc(C2=CCN(c3cc(C(F)(F)F)nc4ncnn34)CC2)cc1. The number of fused-ring (bicyclic) bond motifs is 1. The molecule has 4 rings (SSSR count). The second-order valence-electron chi connectivity index (χ2n) is 6.45. The smallest absolute Gasteiger partial charge is 0.352 e. The largest absolute Gasteiger partial charge is 0.433 e. The normalized spacial score (nSPS) is 15.3. The standard InChI is InChI=1S/C19H18F3N5/c1-2-13-3-5-14(6-4-13)15-7-9-26(10-8-15)17-11-16(19(20,21)22)25-18-23-12-24-27(17)18/h3-7,11-12H,2,8-10H2,1H3. The maximum atomic E-state index is 13.2. The summed E-state index contributed by atoms with van der Waals surface area (Å²) in [6.45, 7) is 3.21. The molecule has 3 aromatic rings. The van der Waals surface area contributed by atoms with E-state index in [1.165, 1.54) is 22.0 Å². The van der Waals surface area contributed by atoms with Crippen LogP contribution in [0.2, 0.25) is 0 Å². The highest BCUT2D eigenvalue weighted by Crippen LogP contribution is 2.32. The molecule has 0 saturated carbocycles. The predicted molar refractivity (Wildman–Crippen MR) is 96.4 cm³/mol. The third-order valence-electron chi connectivity index (χ3n) is 4.79. The number of hydrogen-bond donors (Lipinski definition) is 0. The second kappa shape index (κ2) is 6.68. The van der Waals surface area contributed by atoms with Gasteiger partial charge in [-0.15, -0.1) is 0 Å². The minimum absolute atomic E-state index is 0.0512. The minimum atomic E-state index is -4.53. The Hall–Kier alpha value is -2.90. The summed E-state index contributed by atoms with van der Waals surface area (Å²) < 4.78 is 40.8. The number of nitrogens with zero attached hydrogens (tertiary/aromatic N) is 5. The van der Waals surface area contributed by atoms with Crippen molar-refractivity contribution in [2.75, 3.05) is 18.0 Å². The van der Waals surface area contributed by atoms with Gasteiger partial charge >= 0.3 is 6.18 Å². The molecule has 0 unspecified atom stereocenters. The summed E-state index contributed by atoms with van der Waals surface area (Å²) in [5.41, 5.74) is 2.68. The molecule has 3 heterocycles. The number of benzene rings is 1. The van der Waals surface area contributed by atoms with Crippen molar-refractivity contribution in [1.82, 2.24) is 19.6 Å². The van der Waals surface area contributed by atoms with E-state index in [0.717, 1.165) is 24.5 Å². The molecule has 0 atom stereocenters. The van der Waals surface area contributed by atoms with Crippen LogP contribution in [-0.4, -0.2) is 32.7 Å². The molecule has 5 nitrogen and oxygen atoms in total. The van der Waals surface area contributed by atoms with Crippen molar-refractivity contribution in [2.45, 2.75) is 25.9 Å². The highest BCUT2D eigenvalue weighted by atomic mass is 19.4. The number of rotatable bonds is 3. The highest BCUT2D eigenvalue weighted by molar-refractivity contribution is 5.68. The summed E-state index contributed by atoms with van der Waals surface area (Å²) in [7, 11) is 0. The molecule has 0 spiro atoms. The zero-order chi connectivity index (χ0) is 19.0. The number of alkyl halides is 3. The molecular formula is C19H18F3N5. The lowest BCUT2D eigenvalue weighted by Gasteiger charge is -2.29. The van der Waals surface area contributed by atoms with Crippen LogP contribution in [0, 0.1) is 0 Å². The first-order valence-corrected chi connectivity index (χ1v) is 8.77. The number of hydrogen-bond acceptors (Lipinski definition) is 4. The molecule has 1 aromatic carbocycles. The Morgan fingerprint density at radius 1 is 1.15 bits per heavy atom. The zero-order valence-corrected chi connectivity index (χ0v) is 14.7. The predicted octanol–water partition coefficient (Wildman–Crippen LogP) is 4.00. The van der Waals surface area contributed by atoms with Gasteiger partial charge in [-0.05, 0) is 29.5 Å². The first kappa shape index (κ1) is 17.5. The van der Waals surface area contributed by atoms with Crippen LogP contribution in [0.1, 0.15) is 30.2 Å². The summed E-state index contributed by atoms with van der Waals surface area (Å²) in [4.78, 5) is 9.25. The second-order valence-corrected chi connectivity index (χ2v) is 6.45. The van der Waals surface area contributed by atoms with E-state index in [0.29, 0.717) is 18.9 Å². The summed E-state index contributed by atoms with van der Waals surface area (Å²) in [6, 6.07) is 9.46. The van der Waals surface area contributed by atoms with Gasteiger partial charge in [-0.25, -0.2) is 4.98 Å². The van der Waals surface area contributed by atoms with Crippen molar-refractivity contribution in [1.29, 1.82) is 0 Å². The highest BCUT2D eigenvalue weighted by Gasteiger charge is 2.34. The van der Waals surface area contributed by atoms with Crippen molar-refractivity contribution in [3.05, 3.63) is 59.6 Å². The molecule has 0 amide bonds. The molecule has 1 aliphatic rings. The van der Waals surface area contributed by atoms with Crippen LogP contribution < -0.4 is 4.90 Å². The number of anilines is 1. The van der Waals surface area contributed by atoms with Gasteiger partial charge in [0.2, 0.25) is 0 Å². The van der Waals surface area contributed by atoms with Crippen LogP contribution >= 0.6 is 0 Å². The van der Waals surface area contributed by atoms with E-state index in [1.54, 1.807) is 0 Å². The van der Waals surface area contributed by atoms with E-state index in [4.69, 9.17) is 0 Å². The molecule has 27 heavy (non-hydrogen) atoms. The summed E-state index contributed by atoms with van der Waals surface area (Å²) in [5.74, 6) is 0.297. The van der Waals surface area contributed by atoms with Crippen molar-refractivity contribution in [3.8, 4) is 0 Å². The van der Waals surface area contributed by atoms with Gasteiger partial charge in [0.25, 0.3) is 5.78 Å². The van der Waals surface area contributed by atoms with Crippen LogP contribution in [-0.2, 0) is 12.6 Å². The molecule has 0 fully saturated rings. The fraction of sp³-hybridized carbons (Fsp3) is 0.316. The Labute approximate surface area is 154 Å². The molecule has 2 aromatic heterocycles. The molecule has 140 valence electrons. The summed E-state index contributed by atoms with van der Waals surface area (Å²) >= 11 is 0. The maximum Gasteiger partial charge on any atom is 0.433 e. The molecule has 0 bridgehead atoms. The quantitative estimate of drug-likeness (QED) is 0.696. The van der Waals surface area contributed by atoms with E-state index in [-0.39, 0.29) is 5.78 Å². The third kappa shape index (κ3) is 3.39. The van der Waals surface area contributed by atoms with Crippen LogP contribution in [0.5, 0.6) is 0 Å². The zero-order valence-electron chi connectivity index (χ0n) is 14.7. The van der Waals surface area contributed by atoms with Crippen LogP contribution in [0.3, 0.4) is 0 Å². The Morgan fingerprint density at radius 3 is 2.56 bits per heavy atom. The fourth-order valence-corrected chi connectivity index (χ4v) is 3.26. The van der Waals surface area contributed by atoms with Crippen LogP contribution in [0.25, 0.3) is 11.4 Å². The Morgan fingerprint density at radius 2 is 1.93 bits per heavy atom. The molecule has 0 aliphatic carbocycles. The average Bonchev–Trinajstić information content (AvgIpc) is 3.15. The van der Waals surface area contributed by atoms with E-state index < -0.39 is 11.9 Å². The van der Waals surface area contributed by atoms with Gasteiger partial charge in [-0.2, -0.15) is 27.8 Å². The fourth-order valence-electron chi connectivity index (χ4n) is 3.26. The van der Waals surface area contributed by atoms with Gasteiger partial charge in [0, 0.05) is 19.2 Å². The minimum Gasteiger partial charge on any atom is -0.352 e. The van der Waals surface area contributed by atoms with Gasteiger partial charge < -0.3 is 4.90 Å². The summed E-state index contributed by atoms with van der Waals surface area (Å²) in [5, 5.41) is 4.03. The maximum absolute atomic E-state index is 13.2. The average molecular weight is 373 g/mol. The molecule has 8 heteroatoms. The lowest BCUT2D eigenvalue weighted by atomic mass is 9.98. The van der Waals surface area contributed by atoms with Gasteiger partial charge in [0.15, 0.2) is 5.69 Å². The van der Waals surface area contributed by atoms with Gasteiger partial charge in [0.05, 0.1) is 0 Å². The molecule has 0 N–H and O–H groups in total. The van der Waals surface area contributed by atoms with Gasteiger partial charge in [-0.1, -0.05) is 37.3 Å². The number of halogens is 3. The molecular weight excluding hydrogens is 355 g/mol. The number of aryl methyl sites for hydroxylation is 1. The topological polar surface area (TPSA) is 46.3 Å². The molecule has 0 saturated heterocycles. The van der Waals surface area contributed by atoms with E-state index in [1.807, 2.05) is 4.90 Å². The van der Waals surface area contributed by atoms with Crippen molar-refractivity contribution >= 4 is 17.2 Å². The van der Waals surface area contributed by atoms with Crippen LogP contribution in [0.4, 0.5) is 19.0 Å². The van der Waals surface area contributed by atoms with E-state index >= 15 is 0 Å². The van der Waals surface area contributed by atoms with Crippen molar-refractivity contribution < 1.29 is 13.2 Å². The lowest BCUT2D eigenvalue weighted by molar-refractivity contribution is -0.141.